The van der Waals surface area contributed by atoms with Crippen LogP contribution in [-0.2, 0) is 9.59 Å². The van der Waals surface area contributed by atoms with Gasteiger partial charge < -0.3 is 15.5 Å². The van der Waals surface area contributed by atoms with Gasteiger partial charge in [-0.25, -0.2) is 0 Å². The van der Waals surface area contributed by atoms with Crippen molar-refractivity contribution in [3.63, 3.8) is 0 Å². The van der Waals surface area contributed by atoms with E-state index in [1.807, 2.05) is 0 Å². The predicted octanol–water partition coefficient (Wildman–Crippen LogP) is -1.36. The molecule has 21 heavy (non-hydrogen) atoms. The molecule has 2 aliphatic rings. The number of rotatable bonds is 5. The van der Waals surface area contributed by atoms with E-state index in [1.54, 1.807) is 4.90 Å². The minimum atomic E-state index is -0.478. The average molecular weight is 294 g/mol. The summed E-state index contributed by atoms with van der Waals surface area (Å²) < 4.78 is 5.37. The highest BCUT2D eigenvalue weighted by atomic mass is 16.4. The van der Waals surface area contributed by atoms with Crippen molar-refractivity contribution in [2.45, 2.75) is 24.8 Å². The zero-order chi connectivity index (χ0) is 14.8. The Kier molecular flexibility index (Phi) is 3.84. The Balaban J connectivity index is 1.55. The maximum Gasteiger partial charge on any atom is 0.322 e. The minimum Gasteiger partial charge on any atom is -0.408 e. The van der Waals surface area contributed by atoms with Gasteiger partial charge in [0.15, 0.2) is 0 Å². The molecule has 9 nitrogen and oxygen atoms in total. The fourth-order valence-corrected chi connectivity index (χ4v) is 2.34. The van der Waals surface area contributed by atoms with Crippen LogP contribution in [0.2, 0.25) is 0 Å². The number of amides is 2. The standard InChI is InChI=1S/C12H18N6O3/c13-10(20)8-5-14-3-4-18(8)6-9(19)15-12-17-16-11(21-12)7-1-2-7/h7-8,14H,1-6H2,(H2,13,20)(H,15,17,19). The number of piperazine rings is 1. The van der Waals surface area contributed by atoms with Crippen LogP contribution < -0.4 is 16.4 Å². The van der Waals surface area contributed by atoms with Crippen molar-refractivity contribution >= 4 is 17.8 Å². The lowest BCUT2D eigenvalue weighted by Crippen LogP contribution is -2.58. The molecule has 1 aliphatic heterocycles. The van der Waals surface area contributed by atoms with Gasteiger partial charge in [-0.05, 0) is 12.8 Å². The first-order valence-electron chi connectivity index (χ1n) is 7.01. The van der Waals surface area contributed by atoms with Crippen LogP contribution in [0.1, 0.15) is 24.7 Å². The minimum absolute atomic E-state index is 0.0659. The third-order valence-electron chi connectivity index (χ3n) is 3.64. The molecule has 0 bridgehead atoms. The number of aromatic nitrogens is 2. The van der Waals surface area contributed by atoms with Crippen LogP contribution in [0.15, 0.2) is 4.42 Å². The number of hydrogen-bond acceptors (Lipinski definition) is 7. The Labute approximate surface area is 121 Å². The SMILES string of the molecule is NC(=O)C1CNCCN1CC(=O)Nc1nnc(C2CC2)o1. The van der Waals surface area contributed by atoms with Gasteiger partial charge in [0.25, 0.3) is 0 Å². The lowest BCUT2D eigenvalue weighted by Gasteiger charge is -2.33. The fraction of sp³-hybridized carbons (Fsp3) is 0.667. The zero-order valence-corrected chi connectivity index (χ0v) is 11.5. The van der Waals surface area contributed by atoms with Crippen LogP contribution in [0.25, 0.3) is 0 Å². The molecule has 9 heteroatoms. The van der Waals surface area contributed by atoms with E-state index in [9.17, 15) is 9.59 Å². The van der Waals surface area contributed by atoms with Crippen LogP contribution in [0.5, 0.6) is 0 Å². The number of nitrogens with zero attached hydrogens (tertiary/aromatic N) is 3. The molecule has 2 fully saturated rings. The molecule has 1 saturated carbocycles. The van der Waals surface area contributed by atoms with E-state index in [-0.39, 0.29) is 18.5 Å². The summed E-state index contributed by atoms with van der Waals surface area (Å²) in [6, 6.07) is -0.373. The maximum atomic E-state index is 12.0. The molecule has 1 saturated heterocycles. The Morgan fingerprint density at radius 3 is 2.95 bits per heavy atom. The van der Waals surface area contributed by atoms with Gasteiger partial charge in [0.05, 0.1) is 6.54 Å². The van der Waals surface area contributed by atoms with Gasteiger partial charge in [0.1, 0.15) is 6.04 Å². The molecule has 0 aromatic carbocycles. The number of carbonyl (C=O) groups excluding carboxylic acids is 2. The lowest BCUT2D eigenvalue weighted by atomic mass is 10.2. The van der Waals surface area contributed by atoms with Crippen molar-refractivity contribution in [1.29, 1.82) is 0 Å². The van der Waals surface area contributed by atoms with Crippen molar-refractivity contribution in [1.82, 2.24) is 20.4 Å². The predicted molar refractivity (Wildman–Crippen MR) is 72.3 cm³/mol. The highest BCUT2D eigenvalue weighted by molar-refractivity contribution is 5.91. The molecular weight excluding hydrogens is 276 g/mol. The monoisotopic (exact) mass is 294 g/mol. The van der Waals surface area contributed by atoms with Gasteiger partial charge in [0, 0.05) is 25.6 Å². The highest BCUT2D eigenvalue weighted by Gasteiger charge is 2.31. The number of carbonyl (C=O) groups is 2. The summed E-state index contributed by atoms with van der Waals surface area (Å²) in [6.07, 6.45) is 2.10. The molecule has 1 aliphatic carbocycles. The van der Waals surface area contributed by atoms with Gasteiger partial charge >= 0.3 is 6.01 Å². The van der Waals surface area contributed by atoms with E-state index in [2.05, 4.69) is 20.8 Å². The largest absolute Gasteiger partial charge is 0.408 e. The molecule has 4 N–H and O–H groups in total. The number of anilines is 1. The Bertz CT molecular complexity index is 541. The molecular formula is C12H18N6O3. The number of primary amides is 1. The summed E-state index contributed by atoms with van der Waals surface area (Å²) in [5.41, 5.74) is 5.34. The molecule has 0 spiro atoms. The summed E-state index contributed by atoms with van der Waals surface area (Å²) in [5, 5.41) is 13.3. The summed E-state index contributed by atoms with van der Waals surface area (Å²) >= 11 is 0. The van der Waals surface area contributed by atoms with Crippen molar-refractivity contribution in [2.24, 2.45) is 5.73 Å². The topological polar surface area (TPSA) is 126 Å². The van der Waals surface area contributed by atoms with E-state index in [4.69, 9.17) is 10.2 Å². The maximum absolute atomic E-state index is 12.0. The van der Waals surface area contributed by atoms with Crippen LogP contribution in [0.4, 0.5) is 6.01 Å². The van der Waals surface area contributed by atoms with E-state index in [0.29, 0.717) is 31.4 Å². The first kappa shape index (κ1) is 14.0. The third kappa shape index (κ3) is 3.37. The van der Waals surface area contributed by atoms with Gasteiger partial charge in [0.2, 0.25) is 17.7 Å². The zero-order valence-electron chi connectivity index (χ0n) is 11.5. The quantitative estimate of drug-likeness (QED) is 0.612. The summed E-state index contributed by atoms with van der Waals surface area (Å²) in [4.78, 5) is 25.1. The number of nitrogens with two attached hydrogens (primary N) is 1. The van der Waals surface area contributed by atoms with Crippen LogP contribution in [-0.4, -0.2) is 59.1 Å². The third-order valence-corrected chi connectivity index (χ3v) is 3.64. The van der Waals surface area contributed by atoms with Gasteiger partial charge in [-0.2, -0.15) is 0 Å². The molecule has 1 unspecified atom stereocenters. The number of nitrogens with one attached hydrogen (secondary N) is 2. The molecule has 1 aromatic heterocycles. The fourth-order valence-electron chi connectivity index (χ4n) is 2.34. The summed E-state index contributed by atoms with van der Waals surface area (Å²) in [6.45, 7) is 1.81. The van der Waals surface area contributed by atoms with Crippen LogP contribution in [0, 0.1) is 0 Å². The smallest absolute Gasteiger partial charge is 0.322 e. The van der Waals surface area contributed by atoms with Crippen molar-refractivity contribution < 1.29 is 14.0 Å². The first-order chi connectivity index (χ1) is 10.1. The Morgan fingerprint density at radius 1 is 1.43 bits per heavy atom. The molecule has 2 amide bonds. The number of hydrogen-bond donors (Lipinski definition) is 3. The highest BCUT2D eigenvalue weighted by Crippen LogP contribution is 2.39. The molecule has 0 radical (unpaired) electrons. The molecule has 2 heterocycles. The second-order valence-electron chi connectivity index (χ2n) is 5.36. The molecule has 3 rings (SSSR count). The Hall–Kier alpha value is -2.00. The molecule has 1 aromatic rings. The van der Waals surface area contributed by atoms with Crippen molar-refractivity contribution in [3.05, 3.63) is 5.89 Å². The van der Waals surface area contributed by atoms with Crippen LogP contribution in [0.3, 0.4) is 0 Å². The van der Waals surface area contributed by atoms with Crippen LogP contribution >= 0.6 is 0 Å². The van der Waals surface area contributed by atoms with E-state index in [1.165, 1.54) is 0 Å². The summed E-state index contributed by atoms with van der Waals surface area (Å²) in [5.74, 6) is 0.177. The van der Waals surface area contributed by atoms with Crippen molar-refractivity contribution in [3.8, 4) is 0 Å². The van der Waals surface area contributed by atoms with Gasteiger partial charge in [-0.3, -0.25) is 19.8 Å². The van der Waals surface area contributed by atoms with E-state index >= 15 is 0 Å². The summed E-state index contributed by atoms with van der Waals surface area (Å²) in [7, 11) is 0. The Morgan fingerprint density at radius 2 is 2.24 bits per heavy atom. The van der Waals surface area contributed by atoms with Crippen molar-refractivity contribution in [2.75, 3.05) is 31.5 Å². The second kappa shape index (κ2) is 5.78. The van der Waals surface area contributed by atoms with E-state index in [0.717, 1.165) is 12.8 Å². The average Bonchev–Trinajstić information content (AvgIpc) is 3.20. The lowest BCUT2D eigenvalue weighted by molar-refractivity contribution is -0.125. The first-order valence-corrected chi connectivity index (χ1v) is 7.01. The second-order valence-corrected chi connectivity index (χ2v) is 5.36. The van der Waals surface area contributed by atoms with E-state index < -0.39 is 11.9 Å². The normalized spacial score (nSPS) is 23.0. The van der Waals surface area contributed by atoms with Gasteiger partial charge in [-0.15, -0.1) is 5.10 Å². The molecule has 1 atom stereocenters. The van der Waals surface area contributed by atoms with Gasteiger partial charge in [-0.1, -0.05) is 5.10 Å². The molecule has 114 valence electrons.